The zero-order chi connectivity index (χ0) is 28.5. The molecule has 0 saturated heterocycles. The summed E-state index contributed by atoms with van der Waals surface area (Å²) >= 11 is 0. The molecule has 0 aliphatic heterocycles. The fourth-order valence-corrected chi connectivity index (χ4v) is 2.84. The summed E-state index contributed by atoms with van der Waals surface area (Å²) in [5.41, 5.74) is 3.16. The van der Waals surface area contributed by atoms with Gasteiger partial charge in [-0.2, -0.15) is 0 Å². The van der Waals surface area contributed by atoms with Gasteiger partial charge in [0.1, 0.15) is 12.9 Å². The molecular weight excluding hydrogens is 492 g/mol. The molecule has 0 spiro atoms. The number of hydrogen-bond acceptors (Lipinski definition) is 8. The molecule has 0 unspecified atom stereocenters. The summed E-state index contributed by atoms with van der Waals surface area (Å²) < 4.78 is 38.5. The molecule has 0 amide bonds. The van der Waals surface area contributed by atoms with Crippen LogP contribution in [-0.4, -0.2) is 64.5 Å². The molecule has 0 saturated carbocycles. The topological polar surface area (TPSA) is 99.7 Å². The van der Waals surface area contributed by atoms with Crippen molar-refractivity contribution >= 4 is 17.8 Å². The van der Waals surface area contributed by atoms with E-state index in [1.54, 1.807) is 37.3 Å². The Balaban J connectivity index is 0.00000352. The summed E-state index contributed by atoms with van der Waals surface area (Å²) in [4.78, 5) is 12.9. The van der Waals surface area contributed by atoms with Gasteiger partial charge >= 0.3 is 0 Å². The summed E-state index contributed by atoms with van der Waals surface area (Å²) in [6.07, 6.45) is 7.71. The first kappa shape index (κ1) is 31.7. The van der Waals surface area contributed by atoms with Crippen molar-refractivity contribution in [2.75, 3.05) is 20.8 Å². The molecule has 38 heavy (non-hydrogen) atoms. The fourth-order valence-electron chi connectivity index (χ4n) is 2.84. The lowest BCUT2D eigenvalue weighted by atomic mass is 10.1. The summed E-state index contributed by atoms with van der Waals surface area (Å²) in [6, 6.07) is 1.89. The average Bonchev–Trinajstić information content (AvgIpc) is 3.43. The maximum Gasteiger partial charge on any atom is 0.263 e. The predicted octanol–water partition coefficient (Wildman–Crippen LogP) is 5.47. The third-order valence-electron chi connectivity index (χ3n) is 4.76. The molecule has 0 atom stereocenters. The number of allylic oxidation sites excluding steroid dienone is 5. The highest BCUT2D eigenvalue weighted by Crippen LogP contribution is 2.18. The van der Waals surface area contributed by atoms with Gasteiger partial charge in [-0.3, -0.25) is 9.98 Å². The van der Waals surface area contributed by atoms with E-state index in [4.69, 9.17) is 9.47 Å². The Morgan fingerprint density at radius 2 is 1.95 bits per heavy atom. The van der Waals surface area contributed by atoms with Crippen LogP contribution in [0, 0.1) is 0 Å². The second kappa shape index (κ2) is 17.2. The number of rotatable bonds is 12. The monoisotopic (exact) mass is 527 g/mol. The number of tetrazole rings is 1. The SMILES string of the molecule is C=C/C(=C\C=C(/C)OC/C(C)=C(/C=NC)C(=NC(=C)c1cncc(Cn2cnnn2)c1)OC)C(F)F.CC. The Morgan fingerprint density at radius 3 is 2.53 bits per heavy atom. The number of halogens is 2. The van der Waals surface area contributed by atoms with Gasteiger partial charge in [0.15, 0.2) is 0 Å². The Morgan fingerprint density at radius 1 is 1.21 bits per heavy atom. The molecule has 0 N–H and O–H groups in total. The van der Waals surface area contributed by atoms with Crippen LogP contribution in [0.1, 0.15) is 38.8 Å². The van der Waals surface area contributed by atoms with Crippen molar-refractivity contribution in [3.05, 3.63) is 89.8 Å². The van der Waals surface area contributed by atoms with Crippen LogP contribution in [0.15, 0.2) is 88.6 Å². The van der Waals surface area contributed by atoms with Crippen LogP contribution in [0.5, 0.6) is 0 Å². The molecule has 2 aromatic heterocycles. The van der Waals surface area contributed by atoms with E-state index in [0.717, 1.165) is 17.2 Å². The Labute approximate surface area is 222 Å². The van der Waals surface area contributed by atoms with Gasteiger partial charge in [0, 0.05) is 36.8 Å². The fraction of sp³-hybridized carbons (Fsp3) is 0.333. The van der Waals surface area contributed by atoms with Crippen molar-refractivity contribution < 1.29 is 18.3 Å². The van der Waals surface area contributed by atoms with Crippen molar-refractivity contribution in [1.29, 1.82) is 0 Å². The first-order valence-electron chi connectivity index (χ1n) is 11.8. The third-order valence-corrected chi connectivity index (χ3v) is 4.76. The van der Waals surface area contributed by atoms with Crippen molar-refractivity contribution in [3.63, 3.8) is 0 Å². The molecule has 9 nitrogen and oxygen atoms in total. The van der Waals surface area contributed by atoms with E-state index in [1.165, 1.54) is 25.6 Å². The zero-order valence-corrected chi connectivity index (χ0v) is 22.7. The van der Waals surface area contributed by atoms with E-state index in [0.29, 0.717) is 29.1 Å². The quantitative estimate of drug-likeness (QED) is 0.157. The van der Waals surface area contributed by atoms with E-state index in [-0.39, 0.29) is 18.1 Å². The number of ether oxygens (including phenoxy) is 2. The van der Waals surface area contributed by atoms with Crippen LogP contribution in [0.4, 0.5) is 8.78 Å². The van der Waals surface area contributed by atoms with E-state index in [2.05, 4.69) is 43.7 Å². The number of nitrogens with zero attached hydrogens (tertiary/aromatic N) is 7. The largest absolute Gasteiger partial charge is 0.494 e. The highest BCUT2D eigenvalue weighted by atomic mass is 19.3. The van der Waals surface area contributed by atoms with E-state index < -0.39 is 6.43 Å². The Kier molecular flexibility index (Phi) is 14.4. The molecule has 2 rings (SSSR count). The second-order valence-electron chi connectivity index (χ2n) is 7.48. The van der Waals surface area contributed by atoms with Gasteiger partial charge in [-0.1, -0.05) is 39.2 Å². The summed E-state index contributed by atoms with van der Waals surface area (Å²) in [5.74, 6) is 0.735. The molecule has 11 heteroatoms. The number of alkyl halides is 2. The molecule has 0 bridgehead atoms. The van der Waals surface area contributed by atoms with Gasteiger partial charge in [-0.05, 0) is 47.6 Å². The minimum atomic E-state index is -2.61. The summed E-state index contributed by atoms with van der Waals surface area (Å²) in [7, 11) is 3.12. The molecule has 2 aromatic rings. The predicted molar refractivity (Wildman–Crippen MR) is 147 cm³/mol. The van der Waals surface area contributed by atoms with E-state index >= 15 is 0 Å². The number of hydrogen-bond donors (Lipinski definition) is 0. The molecule has 204 valence electrons. The van der Waals surface area contributed by atoms with Crippen LogP contribution < -0.4 is 0 Å². The van der Waals surface area contributed by atoms with Crippen molar-refractivity contribution in [3.8, 4) is 0 Å². The van der Waals surface area contributed by atoms with Crippen molar-refractivity contribution in [2.24, 2.45) is 9.98 Å². The van der Waals surface area contributed by atoms with Crippen LogP contribution in [0.25, 0.3) is 5.70 Å². The van der Waals surface area contributed by atoms with Gasteiger partial charge < -0.3 is 9.47 Å². The average molecular weight is 528 g/mol. The molecule has 0 radical (unpaired) electrons. The van der Waals surface area contributed by atoms with Gasteiger partial charge in [-0.15, -0.1) is 5.10 Å². The van der Waals surface area contributed by atoms with E-state index in [9.17, 15) is 8.78 Å². The number of methoxy groups -OCH3 is 1. The molecule has 0 fully saturated rings. The standard InChI is InChI=1S/C25H29F2N7O2.C2H6/c1-7-21(24(26)27)9-8-18(3)36-15-17(2)23(13-28-5)25(35-6)31-19(4)22-10-20(11-29-12-22)14-34-16-30-32-33-34;1-2/h7-13,16,24H,1,4,14-15H2,2-3,5-6H3;1-2H3/b18-8+,21-9+,23-17-,28-13?,31-25?;. The normalized spacial score (nSPS) is 13.1. The van der Waals surface area contributed by atoms with Crippen molar-refractivity contribution in [2.45, 2.75) is 40.7 Å². The number of pyridine rings is 1. The lowest BCUT2D eigenvalue weighted by Crippen LogP contribution is -2.12. The Hall–Kier alpha value is -4.28. The van der Waals surface area contributed by atoms with Crippen molar-refractivity contribution in [1.82, 2.24) is 25.2 Å². The Bertz CT molecular complexity index is 1200. The molecule has 0 aliphatic rings. The number of aliphatic imine (C=N–C) groups is 2. The summed E-state index contributed by atoms with van der Waals surface area (Å²) in [5, 5.41) is 11.1. The maximum absolute atomic E-state index is 12.8. The van der Waals surface area contributed by atoms with Gasteiger partial charge in [0.25, 0.3) is 6.43 Å². The first-order chi connectivity index (χ1) is 18.3. The zero-order valence-electron chi connectivity index (χ0n) is 22.7. The molecule has 0 aliphatic carbocycles. The second-order valence-corrected chi connectivity index (χ2v) is 7.48. The lowest BCUT2D eigenvalue weighted by Gasteiger charge is -2.13. The van der Waals surface area contributed by atoms with Crippen LogP contribution >= 0.6 is 0 Å². The summed E-state index contributed by atoms with van der Waals surface area (Å²) in [6.45, 7) is 15.5. The van der Waals surface area contributed by atoms with Crippen LogP contribution in [0.2, 0.25) is 0 Å². The molecular formula is C27H35F2N7O2. The van der Waals surface area contributed by atoms with Crippen LogP contribution in [-0.2, 0) is 16.0 Å². The lowest BCUT2D eigenvalue weighted by molar-refractivity contribution is 0.194. The van der Waals surface area contributed by atoms with Gasteiger partial charge in [0.2, 0.25) is 5.90 Å². The molecule has 2 heterocycles. The minimum Gasteiger partial charge on any atom is -0.494 e. The smallest absolute Gasteiger partial charge is 0.263 e. The highest BCUT2D eigenvalue weighted by Gasteiger charge is 2.13. The third kappa shape index (κ3) is 10.4. The highest BCUT2D eigenvalue weighted by molar-refractivity contribution is 6.14. The van der Waals surface area contributed by atoms with Gasteiger partial charge in [0.05, 0.1) is 30.7 Å². The minimum absolute atomic E-state index is 0.160. The number of aromatic nitrogens is 5. The van der Waals surface area contributed by atoms with Gasteiger partial charge in [-0.25, -0.2) is 18.5 Å². The van der Waals surface area contributed by atoms with E-state index in [1.807, 2.05) is 26.8 Å². The van der Waals surface area contributed by atoms with Crippen LogP contribution in [0.3, 0.4) is 0 Å². The molecule has 0 aromatic carbocycles. The maximum atomic E-state index is 12.8. The first-order valence-corrected chi connectivity index (χ1v) is 11.8.